The number of fused-ring (bicyclic) bond motifs is 2. The summed E-state index contributed by atoms with van der Waals surface area (Å²) in [7, 11) is 0. The zero-order chi connectivity index (χ0) is 13.6. The quantitative estimate of drug-likeness (QED) is 0.728. The highest BCUT2D eigenvalue weighted by Gasteiger charge is 2.37. The Labute approximate surface area is 118 Å². The molecule has 98 valence electrons. The van der Waals surface area contributed by atoms with Gasteiger partial charge in [-0.25, -0.2) is 0 Å². The Morgan fingerprint density at radius 2 is 1.80 bits per heavy atom. The van der Waals surface area contributed by atoms with Crippen LogP contribution < -0.4 is 5.73 Å². The van der Waals surface area contributed by atoms with Crippen molar-refractivity contribution in [1.29, 1.82) is 0 Å². The fourth-order valence-corrected chi connectivity index (χ4v) is 3.42. The van der Waals surface area contributed by atoms with Gasteiger partial charge in [0.1, 0.15) is 0 Å². The maximum atomic E-state index is 6.83. The zero-order valence-electron chi connectivity index (χ0n) is 11.2. The Bertz CT molecular complexity index is 789. The third kappa shape index (κ3) is 1.52. The second kappa shape index (κ2) is 4.15. The fourth-order valence-electron chi connectivity index (χ4n) is 3.42. The van der Waals surface area contributed by atoms with Crippen molar-refractivity contribution in [2.24, 2.45) is 5.73 Å². The highest BCUT2D eigenvalue weighted by molar-refractivity contribution is 5.86. The number of nitrogens with two attached hydrogens (primary N) is 1. The predicted octanol–water partition coefficient (Wildman–Crippen LogP) is 3.38. The van der Waals surface area contributed by atoms with Gasteiger partial charge in [0.15, 0.2) is 0 Å². The monoisotopic (exact) mass is 260 g/mol. The number of hydrogen-bond acceptors (Lipinski definition) is 2. The van der Waals surface area contributed by atoms with Gasteiger partial charge in [0.25, 0.3) is 0 Å². The van der Waals surface area contributed by atoms with E-state index < -0.39 is 0 Å². The summed E-state index contributed by atoms with van der Waals surface area (Å²) < 4.78 is 0. The number of nitrogens with zero attached hydrogens (tertiary/aromatic N) is 1. The van der Waals surface area contributed by atoms with E-state index in [1.807, 2.05) is 18.5 Å². The number of benzene rings is 2. The van der Waals surface area contributed by atoms with Crippen LogP contribution >= 0.6 is 0 Å². The molecule has 1 aliphatic carbocycles. The molecule has 0 spiro atoms. The van der Waals surface area contributed by atoms with Gasteiger partial charge in [-0.05, 0) is 41.0 Å². The van der Waals surface area contributed by atoms with Crippen molar-refractivity contribution in [2.45, 2.75) is 18.4 Å². The predicted molar refractivity (Wildman–Crippen MR) is 81.5 cm³/mol. The molecule has 1 aliphatic rings. The smallest absolute Gasteiger partial charge is 0.0678 e. The molecule has 2 nitrogen and oxygen atoms in total. The van der Waals surface area contributed by atoms with Crippen LogP contribution in [-0.2, 0) is 12.0 Å². The average Bonchev–Trinajstić information content (AvgIpc) is 2.86. The molecule has 0 fully saturated rings. The van der Waals surface area contributed by atoms with Crippen molar-refractivity contribution in [3.05, 3.63) is 77.6 Å². The van der Waals surface area contributed by atoms with Crippen LogP contribution in [0.15, 0.2) is 60.9 Å². The third-order valence-electron chi connectivity index (χ3n) is 4.45. The molecule has 3 aromatic rings. The minimum Gasteiger partial charge on any atom is -0.318 e. The molecule has 0 aliphatic heterocycles. The topological polar surface area (TPSA) is 38.9 Å². The van der Waals surface area contributed by atoms with Crippen molar-refractivity contribution < 1.29 is 0 Å². The lowest BCUT2D eigenvalue weighted by molar-refractivity contribution is 0.539. The Morgan fingerprint density at radius 3 is 2.75 bits per heavy atom. The van der Waals surface area contributed by atoms with Gasteiger partial charge in [-0.2, -0.15) is 0 Å². The summed E-state index contributed by atoms with van der Waals surface area (Å²) >= 11 is 0. The van der Waals surface area contributed by atoms with Gasteiger partial charge in [-0.3, -0.25) is 4.98 Å². The first kappa shape index (κ1) is 11.6. The normalized spacial score (nSPS) is 21.1. The van der Waals surface area contributed by atoms with E-state index in [1.165, 1.54) is 22.1 Å². The Morgan fingerprint density at radius 1 is 0.950 bits per heavy atom. The first-order chi connectivity index (χ1) is 9.79. The summed E-state index contributed by atoms with van der Waals surface area (Å²) in [5.74, 6) is 0. The molecule has 1 heterocycles. The van der Waals surface area contributed by atoms with E-state index in [0.29, 0.717) is 0 Å². The van der Waals surface area contributed by atoms with Crippen LogP contribution in [0.4, 0.5) is 0 Å². The minimum atomic E-state index is -0.390. The van der Waals surface area contributed by atoms with Crippen molar-refractivity contribution in [2.75, 3.05) is 0 Å². The van der Waals surface area contributed by atoms with E-state index in [9.17, 15) is 0 Å². The fraction of sp³-hybridized carbons (Fsp3) is 0.167. The van der Waals surface area contributed by atoms with Crippen LogP contribution in [0, 0.1) is 0 Å². The number of aromatic nitrogens is 1. The lowest BCUT2D eigenvalue weighted by atomic mass is 9.83. The summed E-state index contributed by atoms with van der Waals surface area (Å²) in [6.07, 6.45) is 5.77. The first-order valence-corrected chi connectivity index (χ1v) is 6.99. The second-order valence-electron chi connectivity index (χ2n) is 5.53. The van der Waals surface area contributed by atoms with E-state index >= 15 is 0 Å². The minimum absolute atomic E-state index is 0.390. The SMILES string of the molecule is NC1(c2cccc3ccncc23)CCc2ccccc21. The van der Waals surface area contributed by atoms with Crippen molar-refractivity contribution in [3.8, 4) is 0 Å². The van der Waals surface area contributed by atoms with Crippen molar-refractivity contribution in [1.82, 2.24) is 4.98 Å². The molecule has 0 bridgehead atoms. The van der Waals surface area contributed by atoms with E-state index in [1.54, 1.807) is 0 Å². The Balaban J connectivity index is 2.01. The van der Waals surface area contributed by atoms with Gasteiger partial charge >= 0.3 is 0 Å². The number of hydrogen-bond donors (Lipinski definition) is 1. The lowest BCUT2D eigenvalue weighted by Crippen LogP contribution is -2.35. The highest BCUT2D eigenvalue weighted by atomic mass is 14.8. The summed E-state index contributed by atoms with van der Waals surface area (Å²) in [6, 6.07) is 16.9. The molecular formula is C18H16N2. The average molecular weight is 260 g/mol. The molecule has 2 heteroatoms. The molecule has 0 saturated heterocycles. The molecule has 2 N–H and O–H groups in total. The third-order valence-corrected chi connectivity index (χ3v) is 4.45. The molecule has 0 radical (unpaired) electrons. The van der Waals surface area contributed by atoms with Gasteiger partial charge in [0.05, 0.1) is 5.54 Å². The summed E-state index contributed by atoms with van der Waals surface area (Å²) in [5.41, 5.74) is 10.3. The molecule has 4 rings (SSSR count). The zero-order valence-corrected chi connectivity index (χ0v) is 11.2. The molecule has 0 amide bonds. The number of pyridine rings is 1. The van der Waals surface area contributed by atoms with Gasteiger partial charge in [0.2, 0.25) is 0 Å². The summed E-state index contributed by atoms with van der Waals surface area (Å²) in [5, 5.41) is 2.36. The van der Waals surface area contributed by atoms with Crippen molar-refractivity contribution in [3.63, 3.8) is 0 Å². The maximum absolute atomic E-state index is 6.83. The van der Waals surface area contributed by atoms with E-state index in [0.717, 1.165) is 18.2 Å². The van der Waals surface area contributed by atoms with E-state index in [-0.39, 0.29) is 5.54 Å². The summed E-state index contributed by atoms with van der Waals surface area (Å²) in [6.45, 7) is 0. The van der Waals surface area contributed by atoms with Gasteiger partial charge in [-0.15, -0.1) is 0 Å². The Kier molecular flexibility index (Phi) is 2.41. The van der Waals surface area contributed by atoms with Gasteiger partial charge in [0, 0.05) is 17.8 Å². The maximum Gasteiger partial charge on any atom is 0.0678 e. The first-order valence-electron chi connectivity index (χ1n) is 6.99. The largest absolute Gasteiger partial charge is 0.318 e. The van der Waals surface area contributed by atoms with Crippen LogP contribution in [0.2, 0.25) is 0 Å². The molecular weight excluding hydrogens is 244 g/mol. The van der Waals surface area contributed by atoms with Crippen LogP contribution in [0.5, 0.6) is 0 Å². The molecule has 1 unspecified atom stereocenters. The van der Waals surface area contributed by atoms with Crippen LogP contribution in [0.3, 0.4) is 0 Å². The second-order valence-corrected chi connectivity index (χ2v) is 5.53. The lowest BCUT2D eigenvalue weighted by Gasteiger charge is -2.27. The van der Waals surface area contributed by atoms with Gasteiger partial charge in [-0.1, -0.05) is 42.5 Å². The molecule has 20 heavy (non-hydrogen) atoms. The Hall–Kier alpha value is -2.19. The van der Waals surface area contributed by atoms with Gasteiger partial charge < -0.3 is 5.73 Å². The van der Waals surface area contributed by atoms with E-state index in [4.69, 9.17) is 5.73 Å². The standard InChI is InChI=1S/C18H16N2/c19-18(10-8-14-4-1-2-6-16(14)18)17-7-3-5-13-9-11-20-12-15(13)17/h1-7,9,11-12H,8,10,19H2. The molecule has 2 aromatic carbocycles. The van der Waals surface area contributed by atoms with Crippen LogP contribution in [0.1, 0.15) is 23.1 Å². The number of rotatable bonds is 1. The molecule has 1 atom stereocenters. The van der Waals surface area contributed by atoms with E-state index in [2.05, 4.69) is 47.4 Å². The number of aryl methyl sites for hydroxylation is 1. The highest BCUT2D eigenvalue weighted by Crippen LogP contribution is 2.42. The van der Waals surface area contributed by atoms with Crippen LogP contribution in [0.25, 0.3) is 10.8 Å². The van der Waals surface area contributed by atoms with Crippen molar-refractivity contribution >= 4 is 10.8 Å². The van der Waals surface area contributed by atoms with Crippen LogP contribution in [-0.4, -0.2) is 4.98 Å². The molecule has 1 aromatic heterocycles. The summed E-state index contributed by atoms with van der Waals surface area (Å²) in [4.78, 5) is 4.28. The molecule has 0 saturated carbocycles.